The van der Waals surface area contributed by atoms with Gasteiger partial charge < -0.3 is 5.73 Å². The first-order valence-electron chi connectivity index (χ1n) is 3.91. The van der Waals surface area contributed by atoms with E-state index >= 15 is 0 Å². The van der Waals surface area contributed by atoms with Crippen LogP contribution in [0.4, 0.5) is 0 Å². The summed E-state index contributed by atoms with van der Waals surface area (Å²) in [5.41, 5.74) is 5.61. The van der Waals surface area contributed by atoms with Crippen LogP contribution in [0.2, 0.25) is 0 Å². The Hall–Kier alpha value is 0.780. The monoisotopic (exact) mass is 285 g/mol. The van der Waals surface area contributed by atoms with Crippen LogP contribution >= 0.6 is 34.8 Å². The zero-order valence-electron chi connectivity index (χ0n) is 7.09. The molecule has 0 aromatic carbocycles. The molecule has 0 aliphatic heterocycles. The number of thiocarbonyl (C=S) groups is 1. The van der Waals surface area contributed by atoms with Gasteiger partial charge in [-0.05, 0) is 47.3 Å². The highest BCUT2D eigenvalue weighted by Crippen LogP contribution is 2.31. The maximum absolute atomic E-state index is 5.61. The van der Waals surface area contributed by atoms with Crippen LogP contribution in [0.1, 0.15) is 26.7 Å². The molecule has 0 unspecified atom stereocenters. The van der Waals surface area contributed by atoms with Gasteiger partial charge in [-0.1, -0.05) is 26.1 Å². The Bertz CT molecular complexity index is 111. The lowest BCUT2D eigenvalue weighted by Gasteiger charge is -2.35. The number of hydrogen-bond acceptors (Lipinski definition) is 2. The van der Waals surface area contributed by atoms with Crippen molar-refractivity contribution in [2.75, 3.05) is 0 Å². The van der Waals surface area contributed by atoms with E-state index in [9.17, 15) is 0 Å². The molecule has 66 valence electrons. The van der Waals surface area contributed by atoms with Crippen molar-refractivity contribution in [2.45, 2.75) is 32.7 Å². The van der Waals surface area contributed by atoms with Crippen LogP contribution in [0.5, 0.6) is 0 Å². The lowest BCUT2D eigenvalue weighted by molar-refractivity contribution is 0.199. The molecule has 2 N–H and O–H groups in total. The maximum Gasteiger partial charge on any atom is 0.0399 e. The van der Waals surface area contributed by atoms with Gasteiger partial charge in [0.25, 0.3) is 0 Å². The summed E-state index contributed by atoms with van der Waals surface area (Å²) >= 11 is 6.23. The van der Waals surface area contributed by atoms with Crippen molar-refractivity contribution in [3.05, 3.63) is 0 Å². The topological polar surface area (TPSA) is 26.0 Å². The molecule has 0 saturated heterocycles. The summed E-state index contributed by atoms with van der Waals surface area (Å²) in [6, 6.07) is 0.530. The smallest absolute Gasteiger partial charge is 0.0399 e. The second-order valence-corrected chi connectivity index (χ2v) is 5.03. The molecule has 0 spiro atoms. The highest BCUT2D eigenvalue weighted by Gasteiger charge is 2.27. The van der Waals surface area contributed by atoms with Gasteiger partial charge in [-0.3, -0.25) is 0 Å². The van der Waals surface area contributed by atoms with E-state index in [1.54, 1.807) is 3.37 Å². The summed E-state index contributed by atoms with van der Waals surface area (Å²) in [4.78, 5) is 0. The van der Waals surface area contributed by atoms with E-state index in [2.05, 4.69) is 26.1 Å². The first kappa shape index (κ1) is 11.8. The molecular formula is C8H16INS. The second-order valence-electron chi connectivity index (χ2n) is 3.32. The summed E-state index contributed by atoms with van der Waals surface area (Å²) < 4.78 is 1.55. The predicted octanol–water partition coefficient (Wildman–Crippen LogP) is 2.76. The summed E-state index contributed by atoms with van der Waals surface area (Å²) in [5, 5.41) is 0. The molecular weight excluding hydrogens is 269 g/mol. The summed E-state index contributed by atoms with van der Waals surface area (Å²) in [7, 11) is 0. The largest absolute Gasteiger partial charge is 0.328 e. The van der Waals surface area contributed by atoms with Crippen LogP contribution in [-0.4, -0.2) is 9.42 Å². The molecule has 1 aliphatic carbocycles. The molecule has 0 atom stereocenters. The third-order valence-electron chi connectivity index (χ3n) is 2.15. The minimum absolute atomic E-state index is 0.530. The van der Waals surface area contributed by atoms with E-state index in [1.807, 2.05) is 22.6 Å². The molecule has 3 heteroatoms. The average Bonchev–Trinajstić information content (AvgIpc) is 1.82. The van der Waals surface area contributed by atoms with Crippen LogP contribution in [0.15, 0.2) is 0 Å². The maximum atomic E-state index is 5.61. The zero-order chi connectivity index (χ0) is 8.85. The summed E-state index contributed by atoms with van der Waals surface area (Å²) in [6.07, 6.45) is 2.52. The molecule has 0 radical (unpaired) electrons. The third-order valence-corrected chi connectivity index (χ3v) is 2.15. The molecule has 1 saturated carbocycles. The van der Waals surface area contributed by atoms with E-state index in [4.69, 9.17) is 5.73 Å². The van der Waals surface area contributed by atoms with Gasteiger partial charge in [0.15, 0.2) is 0 Å². The van der Waals surface area contributed by atoms with E-state index < -0.39 is 0 Å². The second kappa shape index (κ2) is 6.31. The van der Waals surface area contributed by atoms with Gasteiger partial charge in [-0.2, -0.15) is 0 Å². The molecule has 11 heavy (non-hydrogen) atoms. The van der Waals surface area contributed by atoms with Gasteiger partial charge in [0.1, 0.15) is 0 Å². The minimum atomic E-state index is 0.530. The van der Waals surface area contributed by atoms with Crippen LogP contribution in [0.3, 0.4) is 0 Å². The van der Waals surface area contributed by atoms with E-state index in [0.717, 1.165) is 11.8 Å². The van der Waals surface area contributed by atoms with Crippen molar-refractivity contribution >= 4 is 38.2 Å². The summed E-state index contributed by atoms with van der Waals surface area (Å²) in [6.45, 7) is 4.55. The minimum Gasteiger partial charge on any atom is -0.328 e. The molecule has 0 bridgehead atoms. The van der Waals surface area contributed by atoms with Crippen molar-refractivity contribution in [1.82, 2.24) is 0 Å². The predicted molar refractivity (Wildman–Crippen MR) is 63.2 cm³/mol. The molecule has 1 aliphatic rings. The Morgan fingerprint density at radius 3 is 2.00 bits per heavy atom. The fraction of sp³-hybridized carbons (Fsp3) is 0.875. The lowest BCUT2D eigenvalue weighted by atomic mass is 9.74. The Balaban J connectivity index is 0.000000292. The van der Waals surface area contributed by atoms with Gasteiger partial charge in [0.2, 0.25) is 0 Å². The average molecular weight is 285 g/mol. The molecule has 1 nitrogen and oxygen atoms in total. The van der Waals surface area contributed by atoms with Gasteiger partial charge in [0, 0.05) is 9.42 Å². The molecule has 0 heterocycles. The van der Waals surface area contributed by atoms with Crippen molar-refractivity contribution in [1.29, 1.82) is 0 Å². The number of hydrogen-bond donors (Lipinski definition) is 1. The molecule has 1 fully saturated rings. The van der Waals surface area contributed by atoms with Crippen molar-refractivity contribution in [3.8, 4) is 0 Å². The Morgan fingerprint density at radius 1 is 1.55 bits per heavy atom. The van der Waals surface area contributed by atoms with Crippen molar-refractivity contribution in [2.24, 2.45) is 17.6 Å². The highest BCUT2D eigenvalue weighted by atomic mass is 127. The highest BCUT2D eigenvalue weighted by molar-refractivity contribution is 14.1. The van der Waals surface area contributed by atoms with E-state index in [-0.39, 0.29) is 0 Å². The standard InChI is InChI=1S/C7H15N.CHIS/c1-5(2)6-3-7(8)4-6;2-1-3/h5-7H,3-4,8H2,1-2H3;1H. The fourth-order valence-electron chi connectivity index (χ4n) is 1.25. The van der Waals surface area contributed by atoms with Crippen molar-refractivity contribution < 1.29 is 0 Å². The lowest BCUT2D eigenvalue weighted by Crippen LogP contribution is -2.38. The summed E-state index contributed by atoms with van der Waals surface area (Å²) in [5.74, 6) is 1.79. The van der Waals surface area contributed by atoms with Gasteiger partial charge in [-0.25, -0.2) is 0 Å². The number of halogens is 1. The van der Waals surface area contributed by atoms with Crippen LogP contribution in [0.25, 0.3) is 0 Å². The molecule has 1 rings (SSSR count). The third kappa shape index (κ3) is 5.09. The Morgan fingerprint density at radius 2 is 1.91 bits per heavy atom. The van der Waals surface area contributed by atoms with E-state index in [1.165, 1.54) is 12.8 Å². The molecule has 0 aromatic rings. The van der Waals surface area contributed by atoms with Gasteiger partial charge in [-0.15, -0.1) is 0 Å². The Labute approximate surface area is 88.3 Å². The van der Waals surface area contributed by atoms with Gasteiger partial charge in [0.05, 0.1) is 0 Å². The van der Waals surface area contributed by atoms with Crippen molar-refractivity contribution in [3.63, 3.8) is 0 Å². The van der Waals surface area contributed by atoms with Crippen LogP contribution < -0.4 is 5.73 Å². The van der Waals surface area contributed by atoms with E-state index in [0.29, 0.717) is 6.04 Å². The number of rotatable bonds is 1. The quantitative estimate of drug-likeness (QED) is 0.455. The number of nitrogens with two attached hydrogens (primary N) is 1. The first-order chi connectivity index (χ1) is 5.11. The van der Waals surface area contributed by atoms with Crippen LogP contribution in [-0.2, 0) is 0 Å². The van der Waals surface area contributed by atoms with Crippen LogP contribution in [0, 0.1) is 11.8 Å². The molecule has 0 aromatic heterocycles. The Kier molecular flexibility index (Phi) is 6.76. The molecule has 0 amide bonds. The van der Waals surface area contributed by atoms with Gasteiger partial charge >= 0.3 is 0 Å². The zero-order valence-corrected chi connectivity index (χ0v) is 10.1. The first-order valence-corrected chi connectivity index (χ1v) is 5.63. The normalized spacial score (nSPS) is 28.5. The SMILES string of the molecule is CC(C)C1CC(N)C1.S=CI. The fourth-order valence-corrected chi connectivity index (χ4v) is 1.25.